The van der Waals surface area contributed by atoms with Crippen molar-refractivity contribution in [3.05, 3.63) is 41.2 Å². The van der Waals surface area contributed by atoms with Crippen LogP contribution in [0.4, 0.5) is 0 Å². The molecule has 1 aromatic rings. The number of allylic oxidation sites excluding steroid dienone is 2. The minimum atomic E-state index is 0.901. The minimum absolute atomic E-state index is 0.901. The zero-order valence-electron chi connectivity index (χ0n) is 10.8. The Labute approximate surface area is 104 Å². The summed E-state index contributed by atoms with van der Waals surface area (Å²) in [6.45, 7) is 7.99. The van der Waals surface area contributed by atoms with E-state index >= 15 is 0 Å². The summed E-state index contributed by atoms with van der Waals surface area (Å²) in [6, 6.07) is 0. The lowest BCUT2D eigenvalue weighted by molar-refractivity contribution is 0.898. The highest BCUT2D eigenvalue weighted by Crippen LogP contribution is 2.25. The van der Waals surface area contributed by atoms with E-state index in [-0.39, 0.29) is 0 Å². The topological polar surface area (TPSA) is 4.93 Å². The smallest absolute Gasteiger partial charge is 0.0998 e. The van der Waals surface area contributed by atoms with Gasteiger partial charge in [0, 0.05) is 23.9 Å². The summed E-state index contributed by atoms with van der Waals surface area (Å²) in [5.74, 6) is 2.76. The maximum absolute atomic E-state index is 5.59. The van der Waals surface area contributed by atoms with Gasteiger partial charge in [-0.1, -0.05) is 43.7 Å². The molecule has 0 bridgehead atoms. The van der Waals surface area contributed by atoms with Crippen LogP contribution in [0.5, 0.6) is 0 Å². The normalized spacial score (nSPS) is 11.2. The van der Waals surface area contributed by atoms with Gasteiger partial charge in [-0.05, 0) is 19.4 Å². The molecule has 1 nitrogen and oxygen atoms in total. The Balaban J connectivity index is 3.56. The lowest BCUT2D eigenvalue weighted by atomic mass is 10.1. The fourth-order valence-corrected chi connectivity index (χ4v) is 1.90. The Morgan fingerprint density at radius 3 is 2.53 bits per heavy atom. The molecule has 0 atom stereocenters. The van der Waals surface area contributed by atoms with Crippen molar-refractivity contribution in [1.29, 1.82) is 0 Å². The number of terminal acetylenes is 1. The van der Waals surface area contributed by atoms with Crippen LogP contribution in [-0.2, 0) is 7.05 Å². The Hall–Kier alpha value is -1.94. The molecular weight excluding hydrogens is 206 g/mol. The van der Waals surface area contributed by atoms with Gasteiger partial charge in [-0.2, -0.15) is 0 Å². The minimum Gasteiger partial charge on any atom is -0.337 e. The van der Waals surface area contributed by atoms with Crippen LogP contribution in [0.25, 0.3) is 18.2 Å². The Morgan fingerprint density at radius 1 is 1.35 bits per heavy atom. The Morgan fingerprint density at radius 2 is 2.06 bits per heavy atom. The average molecular weight is 225 g/mol. The maximum atomic E-state index is 5.59. The van der Waals surface area contributed by atoms with Crippen LogP contribution >= 0.6 is 0 Å². The number of hydrogen-bond acceptors (Lipinski definition) is 0. The van der Waals surface area contributed by atoms with E-state index in [4.69, 9.17) is 6.42 Å². The third-order valence-corrected chi connectivity index (χ3v) is 2.70. The van der Waals surface area contributed by atoms with E-state index in [1.807, 2.05) is 30.7 Å². The van der Waals surface area contributed by atoms with Crippen LogP contribution in [0.2, 0.25) is 0 Å². The summed E-state index contributed by atoms with van der Waals surface area (Å²) < 4.78 is 2.03. The maximum Gasteiger partial charge on any atom is 0.0998 e. The lowest BCUT2D eigenvalue weighted by Crippen LogP contribution is -1.94. The first-order chi connectivity index (χ1) is 8.21. The summed E-state index contributed by atoms with van der Waals surface area (Å²) in [5.41, 5.74) is 4.19. The van der Waals surface area contributed by atoms with Gasteiger partial charge in [0.15, 0.2) is 0 Å². The highest BCUT2D eigenvalue weighted by Gasteiger charge is 2.13. The molecule has 1 rings (SSSR count). The second-order valence-corrected chi connectivity index (χ2v) is 3.78. The van der Waals surface area contributed by atoms with Crippen LogP contribution in [0.15, 0.2) is 18.7 Å². The molecule has 1 heteroatoms. The Kier molecular flexibility index (Phi) is 4.60. The standard InChI is InChI=1S/C16H19N/c1-6-10-12-14-13(8-3)16(11-7-2)17(5)15(14)9-4/h4,7-8,10-12H,3,6H2,1-2,5H3/b11-7-,12-10-. The molecule has 0 N–H and O–H groups in total. The van der Waals surface area contributed by atoms with Gasteiger partial charge in [0.05, 0.1) is 5.69 Å². The van der Waals surface area contributed by atoms with Gasteiger partial charge < -0.3 is 4.57 Å². The van der Waals surface area contributed by atoms with Crippen LogP contribution in [-0.4, -0.2) is 4.57 Å². The van der Waals surface area contributed by atoms with E-state index in [2.05, 4.69) is 37.7 Å². The second-order valence-electron chi connectivity index (χ2n) is 3.78. The molecule has 17 heavy (non-hydrogen) atoms. The molecule has 0 saturated carbocycles. The Bertz CT molecular complexity index is 505. The van der Waals surface area contributed by atoms with Crippen molar-refractivity contribution in [3.8, 4) is 12.3 Å². The molecule has 0 aliphatic carbocycles. The van der Waals surface area contributed by atoms with E-state index in [9.17, 15) is 0 Å². The monoisotopic (exact) mass is 225 g/mol. The van der Waals surface area contributed by atoms with Crippen LogP contribution in [0.3, 0.4) is 0 Å². The number of rotatable bonds is 4. The zero-order chi connectivity index (χ0) is 12.8. The molecule has 1 aromatic heterocycles. The molecule has 0 fully saturated rings. The molecule has 0 aromatic carbocycles. The van der Waals surface area contributed by atoms with Crippen molar-refractivity contribution in [1.82, 2.24) is 4.57 Å². The fourth-order valence-electron chi connectivity index (χ4n) is 1.90. The van der Waals surface area contributed by atoms with Gasteiger partial charge >= 0.3 is 0 Å². The van der Waals surface area contributed by atoms with E-state index in [1.54, 1.807) is 0 Å². The number of hydrogen-bond donors (Lipinski definition) is 0. The van der Waals surface area contributed by atoms with Crippen molar-refractivity contribution in [2.24, 2.45) is 7.05 Å². The first-order valence-electron chi connectivity index (χ1n) is 5.82. The van der Waals surface area contributed by atoms with Crippen molar-refractivity contribution < 1.29 is 0 Å². The predicted octanol–water partition coefficient (Wildman–Crippen LogP) is 4.11. The summed E-state index contributed by atoms with van der Waals surface area (Å²) >= 11 is 0. The van der Waals surface area contributed by atoms with E-state index < -0.39 is 0 Å². The first kappa shape index (κ1) is 13.1. The molecule has 0 radical (unpaired) electrons. The van der Waals surface area contributed by atoms with Crippen LogP contribution < -0.4 is 0 Å². The summed E-state index contributed by atoms with van der Waals surface area (Å²) in [7, 11) is 1.99. The van der Waals surface area contributed by atoms with Gasteiger partial charge in [0.2, 0.25) is 0 Å². The molecule has 88 valence electrons. The highest BCUT2D eigenvalue weighted by molar-refractivity contribution is 5.76. The van der Waals surface area contributed by atoms with Crippen molar-refractivity contribution in [3.63, 3.8) is 0 Å². The molecule has 0 saturated heterocycles. The molecule has 0 aliphatic rings. The molecule has 0 amide bonds. The SMILES string of the molecule is C#Cc1c(/C=C\CC)c(C=C)c(/C=C\C)n1C. The fraction of sp³-hybridized carbons (Fsp3) is 0.250. The lowest BCUT2D eigenvalue weighted by Gasteiger charge is -1.99. The van der Waals surface area contributed by atoms with Crippen molar-refractivity contribution in [2.45, 2.75) is 20.3 Å². The highest BCUT2D eigenvalue weighted by atomic mass is 15.0. The summed E-state index contributed by atoms with van der Waals surface area (Å²) in [6.07, 6.45) is 16.7. The van der Waals surface area contributed by atoms with E-state index in [0.29, 0.717) is 0 Å². The zero-order valence-corrected chi connectivity index (χ0v) is 10.8. The predicted molar refractivity (Wildman–Crippen MR) is 77.5 cm³/mol. The second kappa shape index (κ2) is 5.96. The van der Waals surface area contributed by atoms with Gasteiger partial charge in [-0.25, -0.2) is 0 Å². The first-order valence-corrected chi connectivity index (χ1v) is 5.82. The van der Waals surface area contributed by atoms with Gasteiger partial charge in [-0.3, -0.25) is 0 Å². The van der Waals surface area contributed by atoms with Gasteiger partial charge in [-0.15, -0.1) is 6.42 Å². The van der Waals surface area contributed by atoms with E-state index in [1.165, 1.54) is 0 Å². The third-order valence-electron chi connectivity index (χ3n) is 2.70. The summed E-state index contributed by atoms with van der Waals surface area (Å²) in [5, 5.41) is 0. The van der Waals surface area contributed by atoms with Crippen molar-refractivity contribution >= 4 is 18.2 Å². The molecular formula is C16H19N. The van der Waals surface area contributed by atoms with Gasteiger partial charge in [0.1, 0.15) is 0 Å². The molecule has 0 unspecified atom stereocenters. The molecule has 0 aliphatic heterocycles. The van der Waals surface area contributed by atoms with Crippen molar-refractivity contribution in [2.75, 3.05) is 0 Å². The summed E-state index contributed by atoms with van der Waals surface area (Å²) in [4.78, 5) is 0. The number of nitrogens with zero attached hydrogens (tertiary/aromatic N) is 1. The number of aromatic nitrogens is 1. The molecule has 1 heterocycles. The van der Waals surface area contributed by atoms with Crippen LogP contribution in [0.1, 0.15) is 42.8 Å². The third kappa shape index (κ3) is 2.42. The average Bonchev–Trinajstić information content (AvgIpc) is 2.59. The quantitative estimate of drug-likeness (QED) is 0.680. The molecule has 0 spiro atoms. The van der Waals surface area contributed by atoms with E-state index in [0.717, 1.165) is 28.9 Å². The largest absolute Gasteiger partial charge is 0.337 e. The van der Waals surface area contributed by atoms with Gasteiger partial charge in [0.25, 0.3) is 0 Å². The van der Waals surface area contributed by atoms with Crippen LogP contribution in [0, 0.1) is 12.3 Å².